The zero-order valence-electron chi connectivity index (χ0n) is 10.7. The maximum atomic E-state index is 12.0. The van der Waals surface area contributed by atoms with Gasteiger partial charge in [0.05, 0.1) is 6.20 Å². The van der Waals surface area contributed by atoms with E-state index in [4.69, 9.17) is 5.11 Å². The highest BCUT2D eigenvalue weighted by Gasteiger charge is 2.36. The van der Waals surface area contributed by atoms with Crippen molar-refractivity contribution in [1.29, 1.82) is 0 Å². The highest BCUT2D eigenvalue weighted by atomic mass is 32.2. The number of carboxylic acids is 1. The standard InChI is InChI=1S/C10H17N3O4S/c1-10(2,3)8(9(14)15)12-18(16,17)7-5-6-11-13(7)4/h5-6,8,12H,1-4H3,(H,14,15)/t8-/m0/s1. The Kier molecular flexibility index (Phi) is 3.82. The van der Waals surface area contributed by atoms with Crippen molar-refractivity contribution < 1.29 is 18.3 Å². The number of rotatable bonds is 4. The van der Waals surface area contributed by atoms with E-state index in [1.807, 2.05) is 0 Å². The largest absolute Gasteiger partial charge is 0.480 e. The summed E-state index contributed by atoms with van der Waals surface area (Å²) in [6.07, 6.45) is 1.33. The van der Waals surface area contributed by atoms with Gasteiger partial charge >= 0.3 is 5.97 Å². The Morgan fingerprint density at radius 1 is 1.50 bits per heavy atom. The SMILES string of the molecule is Cn1nccc1S(=O)(=O)N[C@@H](C(=O)O)C(C)(C)C. The molecule has 8 heteroatoms. The van der Waals surface area contributed by atoms with Crippen molar-refractivity contribution in [2.24, 2.45) is 12.5 Å². The smallest absolute Gasteiger partial charge is 0.322 e. The van der Waals surface area contributed by atoms with Crippen LogP contribution in [0.4, 0.5) is 0 Å². The van der Waals surface area contributed by atoms with Gasteiger partial charge in [0.2, 0.25) is 0 Å². The highest BCUT2D eigenvalue weighted by Crippen LogP contribution is 2.21. The molecule has 0 bridgehead atoms. The fourth-order valence-corrected chi connectivity index (χ4v) is 2.96. The molecule has 1 heterocycles. The molecule has 0 aliphatic heterocycles. The summed E-state index contributed by atoms with van der Waals surface area (Å²) in [6.45, 7) is 4.95. The van der Waals surface area contributed by atoms with Crippen LogP contribution in [0.5, 0.6) is 0 Å². The van der Waals surface area contributed by atoms with Gasteiger partial charge in [0.25, 0.3) is 10.0 Å². The molecule has 0 amide bonds. The van der Waals surface area contributed by atoms with Gasteiger partial charge in [-0.25, -0.2) is 8.42 Å². The molecule has 0 radical (unpaired) electrons. The van der Waals surface area contributed by atoms with E-state index in [1.54, 1.807) is 20.8 Å². The van der Waals surface area contributed by atoms with Crippen LogP contribution in [0.25, 0.3) is 0 Å². The van der Waals surface area contributed by atoms with E-state index in [9.17, 15) is 13.2 Å². The minimum Gasteiger partial charge on any atom is -0.480 e. The van der Waals surface area contributed by atoms with Gasteiger partial charge in [0.1, 0.15) is 6.04 Å². The Bertz CT molecular complexity index is 542. The van der Waals surface area contributed by atoms with E-state index in [0.29, 0.717) is 0 Å². The Hall–Kier alpha value is -1.41. The maximum Gasteiger partial charge on any atom is 0.322 e. The van der Waals surface area contributed by atoms with Gasteiger partial charge in [-0.05, 0) is 11.5 Å². The fraction of sp³-hybridized carbons (Fsp3) is 0.600. The number of nitrogens with zero attached hydrogens (tertiary/aromatic N) is 2. The van der Waals surface area contributed by atoms with Crippen LogP contribution in [0, 0.1) is 5.41 Å². The van der Waals surface area contributed by atoms with Crippen LogP contribution in [0.2, 0.25) is 0 Å². The van der Waals surface area contributed by atoms with Crippen LogP contribution in [0.3, 0.4) is 0 Å². The minimum atomic E-state index is -3.91. The fourth-order valence-electron chi connectivity index (χ4n) is 1.44. The number of sulfonamides is 1. The first kappa shape index (κ1) is 14.7. The number of hydrogen-bond donors (Lipinski definition) is 2. The van der Waals surface area contributed by atoms with Crippen molar-refractivity contribution >= 4 is 16.0 Å². The van der Waals surface area contributed by atoms with Crippen LogP contribution in [-0.2, 0) is 21.9 Å². The number of nitrogens with one attached hydrogen (secondary N) is 1. The molecule has 0 saturated carbocycles. The summed E-state index contributed by atoms with van der Waals surface area (Å²) in [5, 5.41) is 12.8. The normalized spacial score (nSPS) is 14.4. The molecule has 102 valence electrons. The van der Waals surface area contributed by atoms with Gasteiger partial charge in [-0.1, -0.05) is 20.8 Å². The van der Waals surface area contributed by atoms with Gasteiger partial charge in [-0.15, -0.1) is 0 Å². The third-order valence-electron chi connectivity index (χ3n) is 2.44. The van der Waals surface area contributed by atoms with E-state index < -0.39 is 27.4 Å². The molecule has 1 atom stereocenters. The van der Waals surface area contributed by atoms with E-state index >= 15 is 0 Å². The first-order chi connectivity index (χ1) is 8.05. The summed E-state index contributed by atoms with van der Waals surface area (Å²) >= 11 is 0. The molecule has 1 rings (SSSR count). The zero-order valence-corrected chi connectivity index (χ0v) is 11.5. The van der Waals surface area contributed by atoms with Crippen molar-refractivity contribution in [3.05, 3.63) is 12.3 Å². The van der Waals surface area contributed by atoms with Crippen molar-refractivity contribution in [3.63, 3.8) is 0 Å². The lowest BCUT2D eigenvalue weighted by Crippen LogP contribution is -2.49. The van der Waals surface area contributed by atoms with Gasteiger partial charge in [-0.2, -0.15) is 9.82 Å². The molecule has 18 heavy (non-hydrogen) atoms. The van der Waals surface area contributed by atoms with E-state index in [0.717, 1.165) is 0 Å². The molecule has 0 spiro atoms. The molecule has 0 fully saturated rings. The van der Waals surface area contributed by atoms with Crippen LogP contribution in [-0.4, -0.2) is 35.3 Å². The second-order valence-electron chi connectivity index (χ2n) is 5.05. The maximum absolute atomic E-state index is 12.0. The molecular formula is C10H17N3O4S. The second kappa shape index (κ2) is 4.69. The number of aromatic nitrogens is 2. The van der Waals surface area contributed by atoms with Crippen molar-refractivity contribution in [2.75, 3.05) is 0 Å². The summed E-state index contributed by atoms with van der Waals surface area (Å²) in [5.41, 5.74) is -0.739. The number of carbonyl (C=O) groups is 1. The summed E-state index contributed by atoms with van der Waals surface area (Å²) in [6, 6.07) is 0.0987. The third kappa shape index (κ3) is 3.08. The average molecular weight is 275 g/mol. The summed E-state index contributed by atoms with van der Waals surface area (Å²) in [4.78, 5) is 11.1. The van der Waals surface area contributed by atoms with Gasteiger partial charge < -0.3 is 5.11 Å². The summed E-state index contributed by atoms with van der Waals surface area (Å²) in [5.74, 6) is -1.21. The van der Waals surface area contributed by atoms with Gasteiger partial charge in [-0.3, -0.25) is 9.48 Å². The van der Waals surface area contributed by atoms with E-state index in [2.05, 4.69) is 9.82 Å². The van der Waals surface area contributed by atoms with Crippen LogP contribution in [0.15, 0.2) is 17.3 Å². The Balaban J connectivity index is 3.09. The quantitative estimate of drug-likeness (QED) is 0.817. The predicted octanol–water partition coefficient (Wildman–Crippen LogP) is 0.198. The lowest BCUT2D eigenvalue weighted by Gasteiger charge is -2.27. The Morgan fingerprint density at radius 2 is 2.06 bits per heavy atom. The first-order valence-electron chi connectivity index (χ1n) is 5.29. The summed E-state index contributed by atoms with van der Waals surface area (Å²) in [7, 11) is -2.43. The highest BCUT2D eigenvalue weighted by molar-refractivity contribution is 7.89. The number of carboxylic acid groups (broad SMARTS) is 1. The first-order valence-corrected chi connectivity index (χ1v) is 6.77. The monoisotopic (exact) mass is 275 g/mol. The van der Waals surface area contributed by atoms with Crippen molar-refractivity contribution in [2.45, 2.75) is 31.8 Å². The lowest BCUT2D eigenvalue weighted by molar-refractivity contribution is -0.141. The topological polar surface area (TPSA) is 101 Å². The van der Waals surface area contributed by atoms with Gasteiger partial charge in [0.15, 0.2) is 5.03 Å². The van der Waals surface area contributed by atoms with Crippen LogP contribution >= 0.6 is 0 Å². The predicted molar refractivity (Wildman–Crippen MR) is 64.4 cm³/mol. The number of hydrogen-bond acceptors (Lipinski definition) is 4. The van der Waals surface area contributed by atoms with Gasteiger partial charge in [0, 0.05) is 7.05 Å². The molecule has 1 aromatic rings. The molecule has 7 nitrogen and oxygen atoms in total. The molecule has 0 aromatic carbocycles. The Labute approximate surface area is 106 Å². The Morgan fingerprint density at radius 3 is 2.39 bits per heavy atom. The minimum absolute atomic E-state index is 0.0713. The van der Waals surface area contributed by atoms with Crippen molar-refractivity contribution in [1.82, 2.24) is 14.5 Å². The molecule has 1 aromatic heterocycles. The molecule has 2 N–H and O–H groups in total. The van der Waals surface area contributed by atoms with Crippen molar-refractivity contribution in [3.8, 4) is 0 Å². The third-order valence-corrected chi connectivity index (χ3v) is 3.93. The number of aryl methyl sites for hydroxylation is 1. The second-order valence-corrected chi connectivity index (χ2v) is 6.71. The average Bonchev–Trinajstić information content (AvgIpc) is 2.59. The van der Waals surface area contributed by atoms with Crippen LogP contribution < -0.4 is 4.72 Å². The van der Waals surface area contributed by atoms with Crippen LogP contribution in [0.1, 0.15) is 20.8 Å². The molecule has 0 aliphatic carbocycles. The molecule has 0 aliphatic rings. The summed E-state index contributed by atoms with van der Waals surface area (Å²) < 4.78 is 27.4. The molecule has 0 saturated heterocycles. The molecule has 0 unspecified atom stereocenters. The number of aliphatic carboxylic acids is 1. The van der Waals surface area contributed by atoms with E-state index in [1.165, 1.54) is 24.0 Å². The van der Waals surface area contributed by atoms with E-state index in [-0.39, 0.29) is 5.03 Å². The lowest BCUT2D eigenvalue weighted by atomic mass is 9.88. The zero-order chi connectivity index (χ0) is 14.1. The molecular weight excluding hydrogens is 258 g/mol.